The van der Waals surface area contributed by atoms with Gasteiger partial charge in [0.1, 0.15) is 6.04 Å². The van der Waals surface area contributed by atoms with E-state index in [1.54, 1.807) is 24.1 Å². The van der Waals surface area contributed by atoms with Gasteiger partial charge in [-0.2, -0.15) is 5.10 Å². The fourth-order valence-corrected chi connectivity index (χ4v) is 1.77. The molecule has 16 heavy (non-hydrogen) atoms. The Kier molecular flexibility index (Phi) is 2.64. The topological polar surface area (TPSA) is 67.2 Å². The molecule has 1 unspecified atom stereocenters. The highest BCUT2D eigenvalue weighted by Crippen LogP contribution is 2.21. The standard InChI is InChI=1S/C10H14N4O2/c1-3-4-14-9(15)8(12-10(14)16)7-5-11-13(2)6-7/h5-6,8H,3-4H2,1-2H3,(H,12,16). The van der Waals surface area contributed by atoms with Crippen LogP contribution in [0.1, 0.15) is 24.9 Å². The van der Waals surface area contributed by atoms with Gasteiger partial charge in [-0.25, -0.2) is 4.79 Å². The van der Waals surface area contributed by atoms with Crippen molar-refractivity contribution in [3.05, 3.63) is 18.0 Å². The van der Waals surface area contributed by atoms with Crippen molar-refractivity contribution in [2.45, 2.75) is 19.4 Å². The Morgan fingerprint density at radius 2 is 2.25 bits per heavy atom. The van der Waals surface area contributed by atoms with E-state index in [0.717, 1.165) is 12.0 Å². The molecule has 2 rings (SSSR count). The van der Waals surface area contributed by atoms with Crippen molar-refractivity contribution in [2.24, 2.45) is 7.05 Å². The Morgan fingerprint density at radius 3 is 2.81 bits per heavy atom. The summed E-state index contributed by atoms with van der Waals surface area (Å²) in [5.41, 5.74) is 0.722. The van der Waals surface area contributed by atoms with Crippen molar-refractivity contribution in [3.63, 3.8) is 0 Å². The number of rotatable bonds is 3. The first kappa shape index (κ1) is 10.7. The lowest BCUT2D eigenvalue weighted by Crippen LogP contribution is -2.31. The largest absolute Gasteiger partial charge is 0.325 e. The predicted molar refractivity (Wildman–Crippen MR) is 56.5 cm³/mol. The van der Waals surface area contributed by atoms with Crippen LogP contribution >= 0.6 is 0 Å². The average Bonchev–Trinajstić information content (AvgIpc) is 2.77. The molecule has 2 heterocycles. The lowest BCUT2D eigenvalue weighted by molar-refractivity contribution is -0.127. The van der Waals surface area contributed by atoms with Gasteiger partial charge in [0.25, 0.3) is 5.91 Å². The van der Waals surface area contributed by atoms with E-state index in [2.05, 4.69) is 10.4 Å². The molecule has 1 saturated heterocycles. The lowest BCUT2D eigenvalue weighted by atomic mass is 10.1. The molecule has 1 aliphatic rings. The van der Waals surface area contributed by atoms with Crippen molar-refractivity contribution in [2.75, 3.05) is 6.54 Å². The van der Waals surface area contributed by atoms with Crippen LogP contribution in [-0.4, -0.2) is 33.2 Å². The van der Waals surface area contributed by atoms with Gasteiger partial charge in [0.05, 0.1) is 6.20 Å². The number of aromatic nitrogens is 2. The number of nitrogens with one attached hydrogen (secondary N) is 1. The van der Waals surface area contributed by atoms with Crippen LogP contribution in [0.3, 0.4) is 0 Å². The third kappa shape index (κ3) is 1.66. The van der Waals surface area contributed by atoms with E-state index >= 15 is 0 Å². The maximum atomic E-state index is 11.9. The molecule has 0 aliphatic carbocycles. The van der Waals surface area contributed by atoms with Crippen LogP contribution in [0.2, 0.25) is 0 Å². The quantitative estimate of drug-likeness (QED) is 0.754. The fourth-order valence-electron chi connectivity index (χ4n) is 1.77. The number of aryl methyl sites for hydroxylation is 1. The van der Waals surface area contributed by atoms with Gasteiger partial charge < -0.3 is 5.32 Å². The second-order valence-electron chi connectivity index (χ2n) is 3.82. The van der Waals surface area contributed by atoms with Gasteiger partial charge >= 0.3 is 6.03 Å². The van der Waals surface area contributed by atoms with E-state index in [9.17, 15) is 9.59 Å². The Hall–Kier alpha value is -1.85. The monoisotopic (exact) mass is 222 g/mol. The number of imide groups is 1. The van der Waals surface area contributed by atoms with Crippen molar-refractivity contribution >= 4 is 11.9 Å². The molecular formula is C10H14N4O2. The second kappa shape index (κ2) is 3.96. The Bertz CT molecular complexity index is 426. The molecule has 0 spiro atoms. The maximum absolute atomic E-state index is 11.9. The van der Waals surface area contributed by atoms with Gasteiger partial charge in [-0.15, -0.1) is 0 Å². The van der Waals surface area contributed by atoms with Crippen LogP contribution in [0.25, 0.3) is 0 Å². The summed E-state index contributed by atoms with van der Waals surface area (Å²) in [6, 6.07) is -0.895. The van der Waals surface area contributed by atoms with E-state index in [0.29, 0.717) is 6.54 Å². The van der Waals surface area contributed by atoms with Gasteiger partial charge in [-0.05, 0) is 6.42 Å². The molecule has 1 fully saturated rings. The van der Waals surface area contributed by atoms with Crippen LogP contribution in [0, 0.1) is 0 Å². The summed E-state index contributed by atoms with van der Waals surface area (Å²) in [7, 11) is 1.77. The molecule has 3 amide bonds. The number of carbonyl (C=O) groups excluding carboxylic acids is 2. The van der Waals surface area contributed by atoms with E-state index in [1.165, 1.54) is 4.90 Å². The minimum absolute atomic E-state index is 0.195. The summed E-state index contributed by atoms with van der Waals surface area (Å²) in [5.74, 6) is -0.195. The molecule has 86 valence electrons. The molecule has 1 N–H and O–H groups in total. The fraction of sp³-hybridized carbons (Fsp3) is 0.500. The molecule has 0 aromatic carbocycles. The zero-order valence-corrected chi connectivity index (χ0v) is 9.30. The Morgan fingerprint density at radius 1 is 1.50 bits per heavy atom. The third-order valence-corrected chi connectivity index (χ3v) is 2.53. The number of urea groups is 1. The molecule has 1 aromatic rings. The highest BCUT2D eigenvalue weighted by molar-refractivity contribution is 6.04. The summed E-state index contributed by atoms with van der Waals surface area (Å²) in [6.07, 6.45) is 4.09. The zero-order chi connectivity index (χ0) is 11.7. The highest BCUT2D eigenvalue weighted by Gasteiger charge is 2.38. The van der Waals surface area contributed by atoms with E-state index in [-0.39, 0.29) is 11.9 Å². The molecule has 1 atom stereocenters. The number of nitrogens with zero attached hydrogens (tertiary/aromatic N) is 3. The minimum Gasteiger partial charge on any atom is -0.322 e. The first-order valence-electron chi connectivity index (χ1n) is 5.24. The minimum atomic E-state index is -0.576. The van der Waals surface area contributed by atoms with Gasteiger partial charge in [0.2, 0.25) is 0 Å². The van der Waals surface area contributed by atoms with Gasteiger partial charge in [-0.3, -0.25) is 14.4 Å². The predicted octanol–water partition coefficient (Wildman–Crippen LogP) is 0.423. The highest BCUT2D eigenvalue weighted by atomic mass is 16.2. The first-order chi connectivity index (χ1) is 7.63. The van der Waals surface area contributed by atoms with Crippen molar-refractivity contribution in [1.82, 2.24) is 20.0 Å². The first-order valence-corrected chi connectivity index (χ1v) is 5.24. The van der Waals surface area contributed by atoms with Crippen LogP contribution < -0.4 is 5.32 Å². The normalized spacial score (nSPS) is 20.4. The summed E-state index contributed by atoms with van der Waals surface area (Å²) in [5, 5.41) is 6.64. The number of hydrogen-bond donors (Lipinski definition) is 1. The number of carbonyl (C=O) groups is 2. The van der Waals surface area contributed by atoms with Gasteiger partial charge in [-0.1, -0.05) is 6.92 Å². The second-order valence-corrected chi connectivity index (χ2v) is 3.82. The van der Waals surface area contributed by atoms with Crippen molar-refractivity contribution in [3.8, 4) is 0 Å². The number of hydrogen-bond acceptors (Lipinski definition) is 3. The Labute approximate surface area is 93.2 Å². The molecule has 0 radical (unpaired) electrons. The molecular weight excluding hydrogens is 208 g/mol. The molecule has 1 aromatic heterocycles. The van der Waals surface area contributed by atoms with Crippen LogP contribution in [0.5, 0.6) is 0 Å². The summed E-state index contributed by atoms with van der Waals surface area (Å²) >= 11 is 0. The Balaban J connectivity index is 2.20. The average molecular weight is 222 g/mol. The maximum Gasteiger partial charge on any atom is 0.325 e. The smallest absolute Gasteiger partial charge is 0.322 e. The summed E-state index contributed by atoms with van der Waals surface area (Å²) in [6.45, 7) is 2.39. The van der Waals surface area contributed by atoms with Crippen molar-refractivity contribution < 1.29 is 9.59 Å². The van der Waals surface area contributed by atoms with Gasteiger partial charge in [0, 0.05) is 25.4 Å². The lowest BCUT2D eigenvalue weighted by Gasteiger charge is -2.10. The molecule has 0 bridgehead atoms. The SMILES string of the molecule is CCCN1C(=O)NC(c2cnn(C)c2)C1=O. The summed E-state index contributed by atoms with van der Waals surface area (Å²) in [4.78, 5) is 24.7. The van der Waals surface area contributed by atoms with E-state index in [4.69, 9.17) is 0 Å². The van der Waals surface area contributed by atoms with Crippen molar-refractivity contribution in [1.29, 1.82) is 0 Å². The molecule has 1 aliphatic heterocycles. The van der Waals surface area contributed by atoms with E-state index in [1.807, 2.05) is 6.92 Å². The number of amides is 3. The third-order valence-electron chi connectivity index (χ3n) is 2.53. The van der Waals surface area contributed by atoms with Crippen LogP contribution in [-0.2, 0) is 11.8 Å². The van der Waals surface area contributed by atoms with Crippen LogP contribution in [0.15, 0.2) is 12.4 Å². The van der Waals surface area contributed by atoms with Crippen LogP contribution in [0.4, 0.5) is 4.79 Å². The molecule has 0 saturated carbocycles. The van der Waals surface area contributed by atoms with E-state index < -0.39 is 6.04 Å². The zero-order valence-electron chi connectivity index (χ0n) is 9.30. The summed E-state index contributed by atoms with van der Waals surface area (Å²) < 4.78 is 1.61. The van der Waals surface area contributed by atoms with Gasteiger partial charge in [0.15, 0.2) is 0 Å². The molecule has 6 nitrogen and oxygen atoms in total. The molecule has 6 heteroatoms.